The lowest BCUT2D eigenvalue weighted by molar-refractivity contribution is 0.991. The number of aromatic nitrogens is 1. The highest BCUT2D eigenvalue weighted by Gasteiger charge is 2.25. The Hall–Kier alpha value is -2.52. The molecule has 1 N–H and O–H groups in total. The van der Waals surface area contributed by atoms with Crippen molar-refractivity contribution in [3.63, 3.8) is 0 Å². The first kappa shape index (κ1) is 13.2. The Kier molecular flexibility index (Phi) is 3.20. The van der Waals surface area contributed by atoms with Crippen LogP contribution in [0.1, 0.15) is 11.1 Å². The van der Waals surface area contributed by atoms with Crippen molar-refractivity contribution in [2.45, 2.75) is 5.50 Å². The van der Waals surface area contributed by atoms with Crippen LogP contribution in [0.3, 0.4) is 0 Å². The average Bonchev–Trinajstić information content (AvgIpc) is 2.98. The van der Waals surface area contributed by atoms with Gasteiger partial charge in [0.15, 0.2) is 5.50 Å². The standard InChI is InChI=1S/C18H14ClN3/c19-17-16-15(13-7-3-1-4-8-13)11-22(18(16)21-12-20-17)14-9-5-2-6-10-14/h1-12,17H,(H,20,21). The Bertz CT molecular complexity index is 822. The SMILES string of the molecule is ClC1N=CNc2c1c(-c1ccccc1)cn2-c1ccccc1. The number of nitrogens with zero attached hydrogens (tertiary/aromatic N) is 2. The Balaban J connectivity index is 1.96. The van der Waals surface area contributed by atoms with E-state index in [9.17, 15) is 0 Å². The minimum atomic E-state index is -0.378. The van der Waals surface area contributed by atoms with E-state index in [-0.39, 0.29) is 5.50 Å². The highest BCUT2D eigenvalue weighted by Crippen LogP contribution is 2.42. The van der Waals surface area contributed by atoms with Gasteiger partial charge in [0.1, 0.15) is 5.82 Å². The van der Waals surface area contributed by atoms with Crippen LogP contribution in [0.5, 0.6) is 0 Å². The largest absolute Gasteiger partial charge is 0.332 e. The summed E-state index contributed by atoms with van der Waals surface area (Å²) in [5.41, 5.74) is 3.96. The van der Waals surface area contributed by atoms with Crippen LogP contribution < -0.4 is 5.32 Å². The van der Waals surface area contributed by atoms with Crippen LogP contribution in [0.4, 0.5) is 5.82 Å². The van der Waals surface area contributed by atoms with Crippen molar-refractivity contribution in [2.24, 2.45) is 4.99 Å². The number of fused-ring (bicyclic) bond motifs is 1. The van der Waals surface area contributed by atoms with Gasteiger partial charge in [0, 0.05) is 23.0 Å². The fourth-order valence-electron chi connectivity index (χ4n) is 2.79. The Labute approximate surface area is 133 Å². The molecule has 1 aliphatic heterocycles. The number of hydrogen-bond donors (Lipinski definition) is 1. The zero-order valence-corrected chi connectivity index (χ0v) is 12.5. The Morgan fingerprint density at radius 3 is 2.36 bits per heavy atom. The molecule has 0 saturated heterocycles. The molecule has 0 radical (unpaired) electrons. The third-order valence-electron chi connectivity index (χ3n) is 3.81. The average molecular weight is 308 g/mol. The van der Waals surface area contributed by atoms with Crippen LogP contribution in [0, 0.1) is 0 Å². The number of para-hydroxylation sites is 1. The number of benzene rings is 2. The van der Waals surface area contributed by atoms with E-state index in [4.69, 9.17) is 11.6 Å². The highest BCUT2D eigenvalue weighted by molar-refractivity contribution is 6.22. The molecule has 1 aromatic heterocycles. The predicted octanol–water partition coefficient (Wildman–Crippen LogP) is 4.84. The van der Waals surface area contributed by atoms with Gasteiger partial charge < -0.3 is 9.88 Å². The second-order valence-electron chi connectivity index (χ2n) is 5.13. The summed E-state index contributed by atoms with van der Waals surface area (Å²) in [4.78, 5) is 4.28. The number of anilines is 1. The Morgan fingerprint density at radius 1 is 0.955 bits per heavy atom. The predicted molar refractivity (Wildman–Crippen MR) is 91.9 cm³/mol. The molecule has 2 aromatic carbocycles. The van der Waals surface area contributed by atoms with Gasteiger partial charge >= 0.3 is 0 Å². The van der Waals surface area contributed by atoms with Crippen molar-refractivity contribution in [3.05, 3.63) is 72.4 Å². The number of halogens is 1. The van der Waals surface area contributed by atoms with Gasteiger partial charge in [0.2, 0.25) is 0 Å². The van der Waals surface area contributed by atoms with Gasteiger partial charge in [-0.3, -0.25) is 4.99 Å². The summed E-state index contributed by atoms with van der Waals surface area (Å²) in [5, 5.41) is 3.24. The van der Waals surface area contributed by atoms with Crippen LogP contribution in [0.2, 0.25) is 0 Å². The molecule has 3 aromatic rings. The summed E-state index contributed by atoms with van der Waals surface area (Å²) in [6, 6.07) is 20.5. The third-order valence-corrected chi connectivity index (χ3v) is 4.14. The third kappa shape index (κ3) is 2.11. The summed E-state index contributed by atoms with van der Waals surface area (Å²) < 4.78 is 2.12. The molecule has 3 nitrogen and oxygen atoms in total. The Morgan fingerprint density at radius 2 is 1.64 bits per heavy atom. The molecule has 108 valence electrons. The van der Waals surface area contributed by atoms with E-state index in [1.807, 2.05) is 36.4 Å². The lowest BCUT2D eigenvalue weighted by Crippen LogP contribution is -2.10. The maximum Gasteiger partial charge on any atom is 0.154 e. The zero-order chi connectivity index (χ0) is 14.9. The topological polar surface area (TPSA) is 29.3 Å². The molecule has 1 unspecified atom stereocenters. The minimum Gasteiger partial charge on any atom is -0.332 e. The van der Waals surface area contributed by atoms with E-state index >= 15 is 0 Å². The molecule has 22 heavy (non-hydrogen) atoms. The van der Waals surface area contributed by atoms with Gasteiger partial charge in [-0.25, -0.2) is 0 Å². The summed E-state index contributed by atoms with van der Waals surface area (Å²) in [7, 11) is 0. The van der Waals surface area contributed by atoms with Crippen molar-refractivity contribution < 1.29 is 0 Å². The molecule has 0 fully saturated rings. The van der Waals surface area contributed by atoms with E-state index in [0.29, 0.717) is 0 Å². The summed E-state index contributed by atoms with van der Waals surface area (Å²) >= 11 is 6.45. The normalized spacial score (nSPS) is 16.1. The molecular weight excluding hydrogens is 294 g/mol. The van der Waals surface area contributed by atoms with Crippen LogP contribution >= 0.6 is 11.6 Å². The van der Waals surface area contributed by atoms with Gasteiger partial charge in [0.05, 0.1) is 6.34 Å². The highest BCUT2D eigenvalue weighted by atomic mass is 35.5. The monoisotopic (exact) mass is 307 g/mol. The second kappa shape index (κ2) is 5.35. The smallest absolute Gasteiger partial charge is 0.154 e. The maximum atomic E-state index is 6.45. The molecule has 0 aliphatic carbocycles. The zero-order valence-electron chi connectivity index (χ0n) is 11.8. The molecule has 0 saturated carbocycles. The second-order valence-corrected chi connectivity index (χ2v) is 5.55. The number of aliphatic imine (C=N–C) groups is 1. The molecule has 0 spiro atoms. The molecule has 0 amide bonds. The van der Waals surface area contributed by atoms with E-state index in [1.165, 1.54) is 0 Å². The quantitative estimate of drug-likeness (QED) is 0.533. The fourth-order valence-corrected chi connectivity index (χ4v) is 3.06. The maximum absolute atomic E-state index is 6.45. The van der Waals surface area contributed by atoms with E-state index in [2.05, 4.69) is 45.3 Å². The van der Waals surface area contributed by atoms with Gasteiger partial charge in [0.25, 0.3) is 0 Å². The summed E-state index contributed by atoms with van der Waals surface area (Å²) in [5.74, 6) is 0.972. The molecule has 1 atom stereocenters. The van der Waals surface area contributed by atoms with Gasteiger partial charge in [-0.15, -0.1) is 0 Å². The van der Waals surface area contributed by atoms with E-state index < -0.39 is 0 Å². The lowest BCUT2D eigenvalue weighted by Gasteiger charge is -2.17. The van der Waals surface area contributed by atoms with Gasteiger partial charge in [-0.2, -0.15) is 0 Å². The number of nitrogens with one attached hydrogen (secondary N) is 1. The fraction of sp³-hybridized carbons (Fsp3) is 0.0556. The van der Waals surface area contributed by atoms with Crippen molar-refractivity contribution in [3.8, 4) is 16.8 Å². The first-order valence-electron chi connectivity index (χ1n) is 7.13. The first-order valence-corrected chi connectivity index (χ1v) is 7.56. The summed E-state index contributed by atoms with van der Waals surface area (Å²) in [6.07, 6.45) is 3.78. The lowest BCUT2D eigenvalue weighted by atomic mass is 10.0. The van der Waals surface area contributed by atoms with E-state index in [0.717, 1.165) is 28.2 Å². The molecule has 1 aliphatic rings. The number of rotatable bonds is 2. The number of alkyl halides is 1. The van der Waals surface area contributed by atoms with Crippen molar-refractivity contribution >= 4 is 23.8 Å². The van der Waals surface area contributed by atoms with Crippen LogP contribution in [0.15, 0.2) is 71.9 Å². The van der Waals surface area contributed by atoms with Crippen LogP contribution in [-0.4, -0.2) is 10.9 Å². The molecule has 4 rings (SSSR count). The van der Waals surface area contributed by atoms with Crippen molar-refractivity contribution in [2.75, 3.05) is 5.32 Å². The molecule has 0 bridgehead atoms. The number of hydrogen-bond acceptors (Lipinski definition) is 2. The first-order chi connectivity index (χ1) is 10.8. The van der Waals surface area contributed by atoms with Gasteiger partial charge in [-0.05, 0) is 17.7 Å². The van der Waals surface area contributed by atoms with Gasteiger partial charge in [-0.1, -0.05) is 60.1 Å². The van der Waals surface area contributed by atoms with Crippen LogP contribution in [-0.2, 0) is 0 Å². The van der Waals surface area contributed by atoms with Crippen molar-refractivity contribution in [1.82, 2.24) is 4.57 Å². The molecular formula is C18H14ClN3. The molecule has 2 heterocycles. The van der Waals surface area contributed by atoms with E-state index in [1.54, 1.807) is 6.34 Å². The van der Waals surface area contributed by atoms with Crippen LogP contribution in [0.25, 0.3) is 16.8 Å². The van der Waals surface area contributed by atoms with Crippen molar-refractivity contribution in [1.29, 1.82) is 0 Å². The summed E-state index contributed by atoms with van der Waals surface area (Å²) in [6.45, 7) is 0. The minimum absolute atomic E-state index is 0.378. The molecule has 4 heteroatoms.